The summed E-state index contributed by atoms with van der Waals surface area (Å²) >= 11 is 0. The number of carbonyl (C=O) groups excluding carboxylic acids is 2. The zero-order valence-corrected chi connectivity index (χ0v) is 18.5. The lowest BCUT2D eigenvalue weighted by molar-refractivity contribution is -0.137. The number of nitrogens with zero attached hydrogens (tertiary/aromatic N) is 3. The number of primary amides is 1. The molecule has 0 unspecified atom stereocenters. The van der Waals surface area contributed by atoms with E-state index in [2.05, 4.69) is 0 Å². The number of nitriles is 1. The molecule has 0 aliphatic carbocycles. The number of anilines is 1. The summed E-state index contributed by atoms with van der Waals surface area (Å²) in [6.45, 7) is 1.73. The van der Waals surface area contributed by atoms with Crippen LogP contribution in [0.2, 0.25) is 0 Å². The number of carbonyl (C=O) groups is 2. The van der Waals surface area contributed by atoms with Crippen LogP contribution < -0.4 is 10.6 Å². The topological polar surface area (TPSA) is 90.4 Å². The van der Waals surface area contributed by atoms with Gasteiger partial charge in [-0.15, -0.1) is 0 Å². The zero-order valence-electron chi connectivity index (χ0n) is 18.5. The van der Waals surface area contributed by atoms with Crippen molar-refractivity contribution < 1.29 is 22.8 Å². The second-order valence-electron chi connectivity index (χ2n) is 8.91. The smallest absolute Gasteiger partial charge is 0.370 e. The molecule has 0 saturated carbocycles. The van der Waals surface area contributed by atoms with Gasteiger partial charge in [0.1, 0.15) is 0 Å². The molecule has 2 fully saturated rings. The van der Waals surface area contributed by atoms with Crippen molar-refractivity contribution in [1.29, 1.82) is 5.26 Å². The first kappa shape index (κ1) is 23.6. The van der Waals surface area contributed by atoms with Crippen molar-refractivity contribution in [2.45, 2.75) is 19.0 Å². The fourth-order valence-corrected chi connectivity index (χ4v) is 5.17. The lowest BCUT2D eigenvalue weighted by Crippen LogP contribution is -2.42. The number of likely N-dealkylation sites (tertiary alicyclic amines) is 1. The van der Waals surface area contributed by atoms with E-state index in [-0.39, 0.29) is 24.3 Å². The number of hydrogen-bond donors (Lipinski definition) is 1. The molecule has 2 atom stereocenters. The summed E-state index contributed by atoms with van der Waals surface area (Å²) in [6.07, 6.45) is -3.26. The molecule has 0 aromatic heterocycles. The molecular weight excluding hydrogens is 445 g/mol. The third-order valence-corrected chi connectivity index (χ3v) is 6.98. The van der Waals surface area contributed by atoms with E-state index >= 15 is 0 Å². The predicted molar refractivity (Wildman–Crippen MR) is 120 cm³/mol. The van der Waals surface area contributed by atoms with Gasteiger partial charge in [-0.3, -0.25) is 9.59 Å². The maximum atomic E-state index is 13.4. The summed E-state index contributed by atoms with van der Waals surface area (Å²) in [5, 5.41) is 9.05. The molecule has 2 amide bonds. The lowest BCUT2D eigenvalue weighted by atomic mass is 9.78. The van der Waals surface area contributed by atoms with E-state index in [0.717, 1.165) is 6.07 Å². The van der Waals surface area contributed by atoms with Crippen molar-refractivity contribution in [3.05, 3.63) is 65.2 Å². The van der Waals surface area contributed by atoms with Crippen molar-refractivity contribution in [2.75, 3.05) is 31.1 Å². The fourth-order valence-electron chi connectivity index (χ4n) is 5.17. The van der Waals surface area contributed by atoms with Crippen molar-refractivity contribution >= 4 is 17.5 Å². The summed E-state index contributed by atoms with van der Waals surface area (Å²) < 4.78 is 40.3. The minimum atomic E-state index is -4.65. The number of hydrogen-bond acceptors (Lipinski definition) is 4. The molecule has 4 rings (SSSR count). The highest BCUT2D eigenvalue weighted by atomic mass is 19.4. The van der Waals surface area contributed by atoms with Crippen molar-refractivity contribution in [1.82, 2.24) is 4.90 Å². The maximum Gasteiger partial charge on any atom is 0.417 e. The minimum absolute atomic E-state index is 0.0317. The van der Waals surface area contributed by atoms with Crippen LogP contribution in [0.15, 0.2) is 48.5 Å². The number of nitrogens with two attached hydrogens (primary N) is 1. The average Bonchev–Trinajstić information content (AvgIpc) is 3.29. The Morgan fingerprint density at radius 1 is 1.03 bits per heavy atom. The highest BCUT2D eigenvalue weighted by Gasteiger charge is 2.43. The SMILES string of the molecule is N#Cc1ccc(N2C[C@@H](C(N)=O)[C@H](C3CCN(C(=O)c4ccccc4)CC3)C2)cc1C(F)(F)F. The molecular formula is C25H25F3N4O2. The van der Waals surface area contributed by atoms with E-state index in [9.17, 15) is 22.8 Å². The van der Waals surface area contributed by atoms with E-state index < -0.39 is 29.1 Å². The molecule has 178 valence electrons. The quantitative estimate of drug-likeness (QED) is 0.738. The van der Waals surface area contributed by atoms with Gasteiger partial charge in [0.25, 0.3) is 5.91 Å². The largest absolute Gasteiger partial charge is 0.417 e. The van der Waals surface area contributed by atoms with Crippen LogP contribution in [0.1, 0.15) is 34.3 Å². The van der Waals surface area contributed by atoms with Crippen LogP contribution in [0.3, 0.4) is 0 Å². The third kappa shape index (κ3) is 4.72. The van der Waals surface area contributed by atoms with Crippen molar-refractivity contribution in [2.24, 2.45) is 23.5 Å². The lowest BCUT2D eigenvalue weighted by Gasteiger charge is -2.36. The molecule has 34 heavy (non-hydrogen) atoms. The number of halogens is 3. The van der Waals surface area contributed by atoms with Gasteiger partial charge in [0, 0.05) is 37.4 Å². The molecule has 2 N–H and O–H groups in total. The summed E-state index contributed by atoms with van der Waals surface area (Å²) in [5.74, 6) is -0.985. The van der Waals surface area contributed by atoms with Crippen molar-refractivity contribution in [3.63, 3.8) is 0 Å². The monoisotopic (exact) mass is 470 g/mol. The molecule has 2 aliphatic rings. The van der Waals surface area contributed by atoms with Gasteiger partial charge in [-0.1, -0.05) is 18.2 Å². The van der Waals surface area contributed by atoms with Gasteiger partial charge < -0.3 is 15.5 Å². The van der Waals surface area contributed by atoms with Crippen LogP contribution in [0.5, 0.6) is 0 Å². The summed E-state index contributed by atoms with van der Waals surface area (Å²) in [5.41, 5.74) is 5.20. The van der Waals surface area contributed by atoms with E-state index in [1.807, 2.05) is 18.2 Å². The van der Waals surface area contributed by atoms with E-state index in [1.54, 1.807) is 28.0 Å². The van der Waals surface area contributed by atoms with E-state index in [1.165, 1.54) is 12.1 Å². The second-order valence-corrected chi connectivity index (χ2v) is 8.91. The summed E-state index contributed by atoms with van der Waals surface area (Å²) in [4.78, 5) is 28.5. The van der Waals surface area contributed by atoms with E-state index in [0.29, 0.717) is 43.7 Å². The van der Waals surface area contributed by atoms with Crippen molar-refractivity contribution in [3.8, 4) is 6.07 Å². The molecule has 2 saturated heterocycles. The second kappa shape index (κ2) is 9.37. The first-order chi connectivity index (χ1) is 16.2. The maximum absolute atomic E-state index is 13.4. The predicted octanol–water partition coefficient (Wildman–Crippen LogP) is 3.67. The Morgan fingerprint density at radius 3 is 2.29 bits per heavy atom. The standard InChI is InChI=1S/C25H25F3N4O2/c26-25(27,28)22-12-19(7-6-18(22)13-29)32-14-20(21(15-32)23(30)33)16-8-10-31(11-9-16)24(34)17-4-2-1-3-5-17/h1-7,12,16,20-21H,8-11,14-15H2,(H2,30,33)/t20-,21+/m0/s1. The number of amides is 2. The highest BCUT2D eigenvalue weighted by Crippen LogP contribution is 2.40. The Morgan fingerprint density at radius 2 is 1.71 bits per heavy atom. The Hall–Kier alpha value is -3.54. The average molecular weight is 470 g/mol. The van der Waals surface area contributed by atoms with Gasteiger partial charge in [0.2, 0.25) is 5.91 Å². The van der Waals surface area contributed by atoms with Crippen LogP contribution in [-0.4, -0.2) is 42.9 Å². The van der Waals surface area contributed by atoms with Gasteiger partial charge in [-0.25, -0.2) is 0 Å². The molecule has 6 nitrogen and oxygen atoms in total. The summed E-state index contributed by atoms with van der Waals surface area (Å²) in [7, 11) is 0. The van der Waals surface area contributed by atoms with Gasteiger partial charge in [0.15, 0.2) is 0 Å². The normalized spacial score (nSPS) is 21.4. The van der Waals surface area contributed by atoms with Crippen LogP contribution >= 0.6 is 0 Å². The molecule has 9 heteroatoms. The Balaban J connectivity index is 1.48. The molecule has 2 aromatic carbocycles. The van der Waals surface area contributed by atoms with Gasteiger partial charge >= 0.3 is 6.18 Å². The number of benzene rings is 2. The first-order valence-corrected chi connectivity index (χ1v) is 11.2. The van der Waals surface area contributed by atoms with Gasteiger partial charge in [0.05, 0.1) is 23.1 Å². The van der Waals surface area contributed by atoms with Crippen LogP contribution in [0.4, 0.5) is 18.9 Å². The highest BCUT2D eigenvalue weighted by molar-refractivity contribution is 5.94. The Labute approximate surface area is 195 Å². The third-order valence-electron chi connectivity index (χ3n) is 6.98. The molecule has 2 aromatic rings. The zero-order chi connectivity index (χ0) is 24.5. The van der Waals surface area contributed by atoms with Gasteiger partial charge in [-0.2, -0.15) is 18.4 Å². The first-order valence-electron chi connectivity index (χ1n) is 11.2. The summed E-state index contributed by atoms with van der Waals surface area (Å²) in [6, 6.07) is 14.2. The van der Waals surface area contributed by atoms with E-state index in [4.69, 9.17) is 11.0 Å². The molecule has 2 heterocycles. The minimum Gasteiger partial charge on any atom is -0.370 e. The Kier molecular flexibility index (Phi) is 6.51. The number of alkyl halides is 3. The van der Waals surface area contributed by atoms with Crippen LogP contribution in [-0.2, 0) is 11.0 Å². The number of rotatable bonds is 4. The molecule has 2 aliphatic heterocycles. The van der Waals surface area contributed by atoms with Crippen LogP contribution in [0.25, 0.3) is 0 Å². The molecule has 0 bridgehead atoms. The fraction of sp³-hybridized carbons (Fsp3) is 0.400. The van der Waals surface area contributed by atoms with Gasteiger partial charge in [-0.05, 0) is 55.0 Å². The molecule has 0 radical (unpaired) electrons. The molecule has 0 spiro atoms. The van der Waals surface area contributed by atoms with Crippen LogP contribution in [0, 0.1) is 29.1 Å². The number of piperidine rings is 1. The Bertz CT molecular complexity index is 1110.